The van der Waals surface area contributed by atoms with Gasteiger partial charge in [0.25, 0.3) is 0 Å². The molecule has 8 nitrogen and oxygen atoms in total. The maximum absolute atomic E-state index is 11.8. The fourth-order valence-electron chi connectivity index (χ4n) is 5.11. The summed E-state index contributed by atoms with van der Waals surface area (Å²) in [6.07, 6.45) is 3.86. The van der Waals surface area contributed by atoms with Crippen LogP contribution in [-0.4, -0.2) is 75.2 Å². The molecule has 1 aromatic carbocycles. The van der Waals surface area contributed by atoms with Gasteiger partial charge in [0.05, 0.1) is 29.7 Å². The van der Waals surface area contributed by atoms with Gasteiger partial charge in [-0.15, -0.1) is 11.3 Å². The van der Waals surface area contributed by atoms with Gasteiger partial charge in [-0.3, -0.25) is 9.69 Å². The van der Waals surface area contributed by atoms with Crippen molar-refractivity contribution in [3.05, 3.63) is 58.3 Å². The van der Waals surface area contributed by atoms with Gasteiger partial charge in [0.2, 0.25) is 5.91 Å². The highest BCUT2D eigenvalue weighted by Crippen LogP contribution is 2.42. The fraction of sp³-hybridized carbons (Fsp3) is 0.370. The Morgan fingerprint density at radius 2 is 1.97 bits per heavy atom. The summed E-state index contributed by atoms with van der Waals surface area (Å²) in [7, 11) is 0. The van der Waals surface area contributed by atoms with Crippen LogP contribution in [0, 0.1) is 0 Å². The molecule has 192 valence electrons. The number of H-pyrrole nitrogens is 1. The quantitative estimate of drug-likeness (QED) is 0.394. The number of nitrogens with one attached hydrogen (secondary N) is 1. The molecule has 3 aromatic heterocycles. The third-order valence-corrected chi connectivity index (χ3v) is 8.72. The summed E-state index contributed by atoms with van der Waals surface area (Å²) in [4.78, 5) is 29.2. The van der Waals surface area contributed by atoms with Gasteiger partial charge in [0.15, 0.2) is 0 Å². The van der Waals surface area contributed by atoms with Gasteiger partial charge in [0, 0.05) is 68.6 Å². The monoisotopic (exact) mass is 537 g/mol. The van der Waals surface area contributed by atoms with Gasteiger partial charge >= 0.3 is 0 Å². The van der Waals surface area contributed by atoms with Crippen LogP contribution in [0.2, 0.25) is 5.02 Å². The Morgan fingerprint density at radius 3 is 2.70 bits per heavy atom. The number of aromatic amines is 1. The van der Waals surface area contributed by atoms with Crippen molar-refractivity contribution >= 4 is 39.9 Å². The minimum atomic E-state index is -1.14. The third-order valence-electron chi connectivity index (χ3n) is 7.23. The standard InChI is InChI=1S/C27H28ClN5O3S/c1-17(34)33-7-6-27(35,16-33)26-30-14-23(37-26)24-20-12-22(31-25(20)29-13-21(24)28)19-4-2-18(3-5-19)15-32-8-10-36-11-9-32/h2-5,12-14,35H,6-11,15-16H2,1H3,(H,29,31). The van der Waals surface area contributed by atoms with Gasteiger partial charge < -0.3 is 19.7 Å². The van der Waals surface area contributed by atoms with Crippen molar-refractivity contribution in [1.82, 2.24) is 24.8 Å². The molecule has 37 heavy (non-hydrogen) atoms. The van der Waals surface area contributed by atoms with E-state index >= 15 is 0 Å². The van der Waals surface area contributed by atoms with Crippen molar-refractivity contribution in [2.24, 2.45) is 0 Å². The molecule has 0 spiro atoms. The Labute approximate surface area is 223 Å². The van der Waals surface area contributed by atoms with Crippen molar-refractivity contribution < 1.29 is 14.6 Å². The number of halogens is 1. The first-order chi connectivity index (χ1) is 17.9. The van der Waals surface area contributed by atoms with Gasteiger partial charge in [0.1, 0.15) is 16.3 Å². The number of hydrogen-bond acceptors (Lipinski definition) is 7. The number of hydrogen-bond donors (Lipinski definition) is 2. The maximum Gasteiger partial charge on any atom is 0.219 e. The van der Waals surface area contributed by atoms with E-state index in [1.54, 1.807) is 17.3 Å². The number of amides is 1. The number of fused-ring (bicyclic) bond motifs is 1. The van der Waals surface area contributed by atoms with Crippen LogP contribution < -0.4 is 0 Å². The number of benzene rings is 1. The van der Waals surface area contributed by atoms with Crippen molar-refractivity contribution in [3.8, 4) is 21.7 Å². The molecule has 5 heterocycles. The molecule has 2 fully saturated rings. The molecule has 2 aliphatic rings. The van der Waals surface area contributed by atoms with E-state index in [0.29, 0.717) is 23.0 Å². The Bertz CT molecular complexity index is 1450. The van der Waals surface area contributed by atoms with E-state index in [1.807, 2.05) is 0 Å². The largest absolute Gasteiger partial charge is 0.381 e. The van der Waals surface area contributed by atoms with Gasteiger partial charge in [-0.25, -0.2) is 9.97 Å². The number of nitrogens with zero attached hydrogens (tertiary/aromatic N) is 4. The molecule has 0 aliphatic carbocycles. The zero-order valence-electron chi connectivity index (χ0n) is 20.5. The minimum absolute atomic E-state index is 0.0411. The van der Waals surface area contributed by atoms with Crippen LogP contribution in [0.25, 0.3) is 32.7 Å². The second kappa shape index (κ2) is 9.81. The van der Waals surface area contributed by atoms with Gasteiger partial charge in [-0.1, -0.05) is 35.9 Å². The Hall–Kier alpha value is -2.82. The van der Waals surface area contributed by atoms with E-state index in [4.69, 9.17) is 16.3 Å². The number of rotatable bonds is 5. The summed E-state index contributed by atoms with van der Waals surface area (Å²) in [6, 6.07) is 10.7. The number of thiazole rings is 1. The van der Waals surface area contributed by atoms with Crippen LogP contribution in [0.5, 0.6) is 0 Å². The van der Waals surface area contributed by atoms with E-state index in [2.05, 4.69) is 50.2 Å². The molecule has 2 saturated heterocycles. The number of aliphatic hydroxyl groups is 1. The summed E-state index contributed by atoms with van der Waals surface area (Å²) < 4.78 is 5.45. The summed E-state index contributed by atoms with van der Waals surface area (Å²) in [5, 5.41) is 13.2. The molecule has 2 N–H and O–H groups in total. The van der Waals surface area contributed by atoms with E-state index in [1.165, 1.54) is 23.8 Å². The molecule has 0 bridgehead atoms. The summed E-state index contributed by atoms with van der Waals surface area (Å²) in [5.74, 6) is -0.0411. The number of carbonyl (C=O) groups excluding carboxylic acids is 1. The molecule has 0 radical (unpaired) electrons. The van der Waals surface area contributed by atoms with Crippen LogP contribution in [0.3, 0.4) is 0 Å². The molecular weight excluding hydrogens is 510 g/mol. The fourth-order valence-corrected chi connectivity index (χ4v) is 6.51. The number of pyridine rings is 1. The summed E-state index contributed by atoms with van der Waals surface area (Å²) in [6.45, 7) is 6.73. The Balaban J connectivity index is 1.28. The number of aromatic nitrogens is 3. The lowest BCUT2D eigenvalue weighted by atomic mass is 10.1. The number of likely N-dealkylation sites (tertiary alicyclic amines) is 1. The smallest absolute Gasteiger partial charge is 0.219 e. The maximum atomic E-state index is 11.8. The lowest BCUT2D eigenvalue weighted by molar-refractivity contribution is -0.128. The molecule has 1 unspecified atom stereocenters. The molecule has 1 atom stereocenters. The van der Waals surface area contributed by atoms with E-state index in [0.717, 1.165) is 65.6 Å². The second-order valence-corrected chi connectivity index (χ2v) is 11.2. The van der Waals surface area contributed by atoms with Gasteiger partial charge in [-0.2, -0.15) is 0 Å². The lowest BCUT2D eigenvalue weighted by Gasteiger charge is -2.26. The number of carbonyl (C=O) groups is 1. The average Bonchev–Trinajstić information content (AvgIpc) is 3.64. The van der Waals surface area contributed by atoms with Crippen LogP contribution in [-0.2, 0) is 21.7 Å². The third kappa shape index (κ3) is 4.78. The van der Waals surface area contributed by atoms with Crippen LogP contribution in [0.1, 0.15) is 23.9 Å². The van der Waals surface area contributed by atoms with Crippen LogP contribution >= 0.6 is 22.9 Å². The Kier molecular flexibility index (Phi) is 6.50. The van der Waals surface area contributed by atoms with Crippen LogP contribution in [0.15, 0.2) is 42.7 Å². The molecule has 2 aliphatic heterocycles. The van der Waals surface area contributed by atoms with E-state index in [9.17, 15) is 9.90 Å². The Morgan fingerprint density at radius 1 is 1.19 bits per heavy atom. The van der Waals surface area contributed by atoms with Crippen molar-refractivity contribution in [1.29, 1.82) is 0 Å². The van der Waals surface area contributed by atoms with Crippen molar-refractivity contribution in [2.45, 2.75) is 25.5 Å². The number of morpholine rings is 1. The predicted molar refractivity (Wildman–Crippen MR) is 145 cm³/mol. The highest BCUT2D eigenvalue weighted by molar-refractivity contribution is 7.15. The zero-order chi connectivity index (χ0) is 25.6. The van der Waals surface area contributed by atoms with Crippen molar-refractivity contribution in [3.63, 3.8) is 0 Å². The minimum Gasteiger partial charge on any atom is -0.381 e. The SMILES string of the molecule is CC(=O)N1CCC(O)(c2ncc(-c3c(Cl)cnc4[nH]c(-c5ccc(CN6CCOCC6)cc5)cc34)s2)C1. The highest BCUT2D eigenvalue weighted by atomic mass is 35.5. The zero-order valence-corrected chi connectivity index (χ0v) is 22.1. The molecule has 0 saturated carbocycles. The topological polar surface area (TPSA) is 94.6 Å². The number of ether oxygens (including phenoxy) is 1. The first-order valence-electron chi connectivity index (χ1n) is 12.4. The highest BCUT2D eigenvalue weighted by Gasteiger charge is 2.41. The molecule has 4 aromatic rings. The van der Waals surface area contributed by atoms with Gasteiger partial charge in [-0.05, 0) is 17.2 Å². The first kappa shape index (κ1) is 24.5. The lowest BCUT2D eigenvalue weighted by Crippen LogP contribution is -2.35. The van der Waals surface area contributed by atoms with Crippen molar-refractivity contribution in [2.75, 3.05) is 39.4 Å². The molecule has 6 rings (SSSR count). The molecule has 10 heteroatoms. The molecular formula is C27H28ClN5O3S. The van der Waals surface area contributed by atoms with E-state index < -0.39 is 5.60 Å². The average molecular weight is 538 g/mol. The first-order valence-corrected chi connectivity index (χ1v) is 13.6. The molecule has 1 amide bonds. The summed E-state index contributed by atoms with van der Waals surface area (Å²) in [5.41, 5.74) is 3.74. The van der Waals surface area contributed by atoms with E-state index in [-0.39, 0.29) is 12.5 Å². The van der Waals surface area contributed by atoms with Crippen LogP contribution in [0.4, 0.5) is 0 Å². The second-order valence-electron chi connectivity index (χ2n) is 9.76. The predicted octanol–water partition coefficient (Wildman–Crippen LogP) is 4.28. The number of β-amino-alcohol motifs (C(OH)–C–C–N with tert-alkyl or cyclic N) is 1. The summed E-state index contributed by atoms with van der Waals surface area (Å²) >= 11 is 8.06. The normalized spacial score (nSPS) is 20.7.